The van der Waals surface area contributed by atoms with Crippen molar-refractivity contribution in [3.63, 3.8) is 0 Å². The van der Waals surface area contributed by atoms with Crippen molar-refractivity contribution in [2.24, 2.45) is 0 Å². The van der Waals surface area contributed by atoms with Crippen LogP contribution in [0, 0.1) is 0 Å². The molecule has 0 fully saturated rings. The van der Waals surface area contributed by atoms with Gasteiger partial charge in [-0.05, 0) is 36.8 Å². The van der Waals surface area contributed by atoms with Crippen molar-refractivity contribution in [3.05, 3.63) is 95.0 Å². The van der Waals surface area contributed by atoms with E-state index in [1.54, 1.807) is 17.0 Å². The molecule has 0 saturated heterocycles. The van der Waals surface area contributed by atoms with Crippen molar-refractivity contribution in [2.45, 2.75) is 13.0 Å². The molecule has 122 valence electrons. The Balaban J connectivity index is 2.04. The third-order valence-electron chi connectivity index (χ3n) is 4.40. The lowest BCUT2D eigenvalue weighted by Gasteiger charge is -2.20. The molecular weight excluding hydrogens is 310 g/mol. The highest BCUT2D eigenvalue weighted by Gasteiger charge is 2.18. The van der Waals surface area contributed by atoms with Crippen LogP contribution < -0.4 is 5.56 Å². The van der Waals surface area contributed by atoms with Crippen LogP contribution in [0.1, 0.15) is 18.5 Å². The maximum absolute atomic E-state index is 13.2. The Hall–Kier alpha value is -3.27. The summed E-state index contributed by atoms with van der Waals surface area (Å²) in [6.45, 7) is 2.02. The van der Waals surface area contributed by atoms with Gasteiger partial charge in [0, 0.05) is 18.0 Å². The summed E-state index contributed by atoms with van der Waals surface area (Å²) in [5.74, 6) is 0.633. The Bertz CT molecular complexity index is 1070. The smallest absolute Gasteiger partial charge is 0.262 e. The lowest BCUT2D eigenvalue weighted by atomic mass is 10.1. The van der Waals surface area contributed by atoms with Gasteiger partial charge < -0.3 is 0 Å². The first-order chi connectivity index (χ1) is 12.3. The van der Waals surface area contributed by atoms with E-state index in [1.165, 1.54) is 0 Å². The van der Waals surface area contributed by atoms with Crippen molar-refractivity contribution in [1.29, 1.82) is 0 Å². The number of fused-ring (bicyclic) bond motifs is 1. The number of hydrogen-bond acceptors (Lipinski definition) is 3. The molecule has 1 unspecified atom stereocenters. The lowest BCUT2D eigenvalue weighted by molar-refractivity contribution is 0.617. The molecule has 4 rings (SSSR count). The highest BCUT2D eigenvalue weighted by Crippen LogP contribution is 2.24. The summed E-state index contributed by atoms with van der Waals surface area (Å²) in [5.41, 5.74) is 2.55. The van der Waals surface area contributed by atoms with E-state index in [-0.39, 0.29) is 11.6 Å². The van der Waals surface area contributed by atoms with Crippen molar-refractivity contribution in [1.82, 2.24) is 14.5 Å². The molecule has 0 aliphatic rings. The Kier molecular flexibility index (Phi) is 3.86. The number of nitrogens with zero attached hydrogens (tertiary/aromatic N) is 3. The molecule has 2 aromatic heterocycles. The lowest BCUT2D eigenvalue weighted by Crippen LogP contribution is -2.27. The van der Waals surface area contributed by atoms with E-state index in [0.717, 1.165) is 11.1 Å². The van der Waals surface area contributed by atoms with Gasteiger partial charge >= 0.3 is 0 Å². The zero-order valence-corrected chi connectivity index (χ0v) is 13.8. The van der Waals surface area contributed by atoms with Gasteiger partial charge in [-0.1, -0.05) is 42.5 Å². The summed E-state index contributed by atoms with van der Waals surface area (Å²) in [4.78, 5) is 22.2. The summed E-state index contributed by atoms with van der Waals surface area (Å²) in [6.07, 6.45) is 3.46. The van der Waals surface area contributed by atoms with E-state index in [2.05, 4.69) is 4.98 Å². The standard InChI is InChI=1S/C21H17N3O/c1-15(16-8-3-2-4-9-16)24-20(17-10-7-13-22-14-17)23-19-12-6-5-11-18(19)21(24)25/h2-15H,1H3. The Morgan fingerprint density at radius 2 is 1.68 bits per heavy atom. The topological polar surface area (TPSA) is 47.8 Å². The highest BCUT2D eigenvalue weighted by molar-refractivity contribution is 5.79. The normalized spacial score (nSPS) is 12.2. The fraction of sp³-hybridized carbons (Fsp3) is 0.0952. The number of benzene rings is 2. The largest absolute Gasteiger partial charge is 0.285 e. The molecule has 0 bridgehead atoms. The van der Waals surface area contributed by atoms with Crippen LogP contribution >= 0.6 is 0 Å². The Morgan fingerprint density at radius 3 is 2.44 bits per heavy atom. The van der Waals surface area contributed by atoms with Gasteiger partial charge in [-0.3, -0.25) is 14.3 Å². The second-order valence-electron chi connectivity index (χ2n) is 5.96. The molecule has 0 amide bonds. The van der Waals surface area contributed by atoms with Gasteiger partial charge in [0.1, 0.15) is 5.82 Å². The summed E-state index contributed by atoms with van der Waals surface area (Å²) in [6, 6.07) is 21.1. The molecule has 0 N–H and O–H groups in total. The first-order valence-corrected chi connectivity index (χ1v) is 8.22. The zero-order valence-electron chi connectivity index (χ0n) is 13.8. The van der Waals surface area contributed by atoms with Crippen LogP contribution in [-0.2, 0) is 0 Å². The molecule has 2 heterocycles. The summed E-state index contributed by atoms with van der Waals surface area (Å²) in [5, 5.41) is 0.623. The number of aromatic nitrogens is 3. The van der Waals surface area contributed by atoms with E-state index < -0.39 is 0 Å². The van der Waals surface area contributed by atoms with Crippen molar-refractivity contribution in [2.75, 3.05) is 0 Å². The molecule has 0 spiro atoms. The number of rotatable bonds is 3. The average molecular weight is 327 g/mol. The zero-order chi connectivity index (χ0) is 17.2. The summed E-state index contributed by atoms with van der Waals surface area (Å²) < 4.78 is 1.76. The highest BCUT2D eigenvalue weighted by atomic mass is 16.1. The van der Waals surface area contributed by atoms with E-state index in [1.807, 2.05) is 73.7 Å². The van der Waals surface area contributed by atoms with Gasteiger partial charge in [-0.25, -0.2) is 4.98 Å². The second kappa shape index (κ2) is 6.32. The van der Waals surface area contributed by atoms with Crippen LogP contribution in [0.4, 0.5) is 0 Å². The van der Waals surface area contributed by atoms with Crippen LogP contribution in [0.3, 0.4) is 0 Å². The first kappa shape index (κ1) is 15.3. The van der Waals surface area contributed by atoms with Crippen LogP contribution in [0.5, 0.6) is 0 Å². The molecule has 0 aliphatic heterocycles. The van der Waals surface area contributed by atoms with E-state index in [0.29, 0.717) is 16.7 Å². The molecule has 0 saturated carbocycles. The van der Waals surface area contributed by atoms with Crippen LogP contribution in [0.2, 0.25) is 0 Å². The maximum Gasteiger partial charge on any atom is 0.262 e. The van der Waals surface area contributed by atoms with Crippen molar-refractivity contribution in [3.8, 4) is 11.4 Å². The molecule has 1 atom stereocenters. The molecular formula is C21H17N3O. The van der Waals surface area contributed by atoms with E-state index in [9.17, 15) is 4.79 Å². The predicted molar refractivity (Wildman–Crippen MR) is 99.5 cm³/mol. The minimum absolute atomic E-state index is 0.0409. The molecule has 4 aromatic rings. The third kappa shape index (κ3) is 2.72. The van der Waals surface area contributed by atoms with Gasteiger partial charge in [-0.15, -0.1) is 0 Å². The Labute approximate surface area is 145 Å². The van der Waals surface area contributed by atoms with E-state index >= 15 is 0 Å². The summed E-state index contributed by atoms with van der Waals surface area (Å²) >= 11 is 0. The van der Waals surface area contributed by atoms with Crippen molar-refractivity contribution < 1.29 is 0 Å². The van der Waals surface area contributed by atoms with Crippen LogP contribution in [0.15, 0.2) is 83.9 Å². The first-order valence-electron chi connectivity index (χ1n) is 8.22. The molecule has 25 heavy (non-hydrogen) atoms. The minimum atomic E-state index is -0.138. The second-order valence-corrected chi connectivity index (χ2v) is 5.96. The third-order valence-corrected chi connectivity index (χ3v) is 4.40. The molecule has 0 radical (unpaired) electrons. The fourth-order valence-electron chi connectivity index (χ4n) is 3.08. The summed E-state index contributed by atoms with van der Waals surface area (Å²) in [7, 11) is 0. The fourth-order valence-corrected chi connectivity index (χ4v) is 3.08. The number of hydrogen-bond donors (Lipinski definition) is 0. The van der Waals surface area contributed by atoms with E-state index in [4.69, 9.17) is 4.98 Å². The molecule has 2 aromatic carbocycles. The van der Waals surface area contributed by atoms with Crippen LogP contribution in [0.25, 0.3) is 22.3 Å². The monoisotopic (exact) mass is 327 g/mol. The van der Waals surface area contributed by atoms with Gasteiger partial charge in [0.25, 0.3) is 5.56 Å². The van der Waals surface area contributed by atoms with Crippen LogP contribution in [-0.4, -0.2) is 14.5 Å². The van der Waals surface area contributed by atoms with Gasteiger partial charge in [0.05, 0.1) is 16.9 Å². The number of pyridine rings is 1. The number of para-hydroxylation sites is 1. The van der Waals surface area contributed by atoms with Gasteiger partial charge in [0.2, 0.25) is 0 Å². The predicted octanol–water partition coefficient (Wildman–Crippen LogP) is 4.07. The quantitative estimate of drug-likeness (QED) is 0.570. The SMILES string of the molecule is CC(c1ccccc1)n1c(-c2cccnc2)nc2ccccc2c1=O. The Morgan fingerprint density at radius 1 is 0.920 bits per heavy atom. The van der Waals surface area contributed by atoms with Crippen molar-refractivity contribution >= 4 is 10.9 Å². The molecule has 4 heteroatoms. The minimum Gasteiger partial charge on any atom is -0.285 e. The maximum atomic E-state index is 13.2. The van der Waals surface area contributed by atoms with Gasteiger partial charge in [0.15, 0.2) is 0 Å². The molecule has 4 nitrogen and oxygen atoms in total. The van der Waals surface area contributed by atoms with Gasteiger partial charge in [-0.2, -0.15) is 0 Å². The average Bonchev–Trinajstić information content (AvgIpc) is 2.69. The molecule has 0 aliphatic carbocycles.